The van der Waals surface area contributed by atoms with Gasteiger partial charge in [-0.1, -0.05) is 0 Å². The molecule has 4 heteroatoms. The topological polar surface area (TPSA) is 59.0 Å². The fourth-order valence-corrected chi connectivity index (χ4v) is 1.03. The lowest BCUT2D eigenvalue weighted by Crippen LogP contribution is -2.40. The van der Waals surface area contributed by atoms with Gasteiger partial charge in [-0.15, -0.1) is 0 Å². The van der Waals surface area contributed by atoms with Crippen LogP contribution in [0.5, 0.6) is 5.75 Å². The molecule has 0 spiro atoms. The van der Waals surface area contributed by atoms with E-state index >= 15 is 0 Å². The number of hydrogen-bond acceptors (Lipinski definition) is 3. The van der Waals surface area contributed by atoms with Crippen LogP contribution >= 0.6 is 0 Å². The van der Waals surface area contributed by atoms with E-state index in [0.717, 1.165) is 0 Å². The molecule has 1 unspecified atom stereocenters. The summed E-state index contributed by atoms with van der Waals surface area (Å²) < 4.78 is 18.1. The highest BCUT2D eigenvalue weighted by Gasteiger charge is 2.18. The highest BCUT2D eigenvalue weighted by molar-refractivity contribution is 5.32. The first kappa shape index (κ1) is 11.5. The van der Waals surface area contributed by atoms with Gasteiger partial charge in [-0.3, -0.25) is 0 Å². The molecule has 15 heavy (non-hydrogen) atoms. The van der Waals surface area contributed by atoms with Crippen molar-refractivity contribution in [1.82, 2.24) is 0 Å². The zero-order valence-electron chi connectivity index (χ0n) is 8.75. The molecule has 0 aliphatic rings. The third-order valence-corrected chi connectivity index (χ3v) is 1.92. The number of hydrogen-bond donors (Lipinski definition) is 1. The van der Waals surface area contributed by atoms with Gasteiger partial charge in [-0.2, -0.15) is 5.26 Å². The lowest BCUT2D eigenvalue weighted by Gasteiger charge is -2.17. The van der Waals surface area contributed by atoms with Crippen molar-refractivity contribution in [2.45, 2.75) is 19.4 Å². The van der Waals surface area contributed by atoms with Crippen LogP contribution in [0.15, 0.2) is 18.2 Å². The molecule has 1 rings (SSSR count). The van der Waals surface area contributed by atoms with Gasteiger partial charge in [0.15, 0.2) is 0 Å². The van der Waals surface area contributed by atoms with Crippen LogP contribution < -0.4 is 10.5 Å². The maximum atomic E-state index is 12.8. The molecule has 3 nitrogen and oxygen atoms in total. The third-order valence-electron chi connectivity index (χ3n) is 1.92. The van der Waals surface area contributed by atoms with Crippen LogP contribution in [0, 0.1) is 24.1 Å². The van der Waals surface area contributed by atoms with E-state index in [1.165, 1.54) is 18.2 Å². The van der Waals surface area contributed by atoms with Gasteiger partial charge in [0, 0.05) is 0 Å². The summed E-state index contributed by atoms with van der Waals surface area (Å²) in [4.78, 5) is 0. The zero-order chi connectivity index (χ0) is 11.5. The van der Waals surface area contributed by atoms with E-state index in [0.29, 0.717) is 11.3 Å². The molecular formula is C11H13FN2O. The lowest BCUT2D eigenvalue weighted by atomic mass is 10.1. The SMILES string of the molecule is Cc1cc(F)ccc1OCC(C)(N)C#N. The van der Waals surface area contributed by atoms with Gasteiger partial charge < -0.3 is 10.5 Å². The first-order valence-electron chi connectivity index (χ1n) is 4.54. The fraction of sp³-hybridized carbons (Fsp3) is 0.364. The minimum atomic E-state index is -1.03. The molecule has 0 amide bonds. The minimum Gasteiger partial charge on any atom is -0.490 e. The summed E-state index contributed by atoms with van der Waals surface area (Å²) in [5, 5.41) is 8.67. The van der Waals surface area contributed by atoms with Crippen molar-refractivity contribution in [2.75, 3.05) is 6.61 Å². The summed E-state index contributed by atoms with van der Waals surface area (Å²) in [7, 11) is 0. The van der Waals surface area contributed by atoms with Gasteiger partial charge in [0.25, 0.3) is 0 Å². The van der Waals surface area contributed by atoms with Crippen LogP contribution in [-0.4, -0.2) is 12.1 Å². The Morgan fingerprint density at radius 1 is 1.60 bits per heavy atom. The summed E-state index contributed by atoms with van der Waals surface area (Å²) in [5.41, 5.74) is 5.24. The van der Waals surface area contributed by atoms with Gasteiger partial charge in [-0.05, 0) is 37.6 Å². The maximum Gasteiger partial charge on any atom is 0.135 e. The van der Waals surface area contributed by atoms with E-state index in [2.05, 4.69) is 0 Å². The molecule has 1 atom stereocenters. The van der Waals surface area contributed by atoms with Crippen LogP contribution in [0.4, 0.5) is 4.39 Å². The molecule has 2 N–H and O–H groups in total. The molecule has 0 fully saturated rings. The van der Waals surface area contributed by atoms with E-state index < -0.39 is 5.54 Å². The van der Waals surface area contributed by atoms with Gasteiger partial charge in [0.2, 0.25) is 0 Å². The molecule has 0 saturated heterocycles. The fourth-order valence-electron chi connectivity index (χ4n) is 1.03. The predicted octanol–water partition coefficient (Wildman–Crippen LogP) is 1.75. The van der Waals surface area contributed by atoms with Crippen LogP contribution in [0.1, 0.15) is 12.5 Å². The van der Waals surface area contributed by atoms with Crippen LogP contribution in [0.2, 0.25) is 0 Å². The Labute approximate surface area is 88.3 Å². The van der Waals surface area contributed by atoms with Crippen LogP contribution in [0.3, 0.4) is 0 Å². The van der Waals surface area contributed by atoms with E-state index in [4.69, 9.17) is 15.7 Å². The second-order valence-electron chi connectivity index (χ2n) is 3.73. The Hall–Kier alpha value is -1.60. The first-order chi connectivity index (χ1) is 6.94. The number of rotatable bonds is 3. The monoisotopic (exact) mass is 208 g/mol. The van der Waals surface area contributed by atoms with Gasteiger partial charge in [0.1, 0.15) is 23.7 Å². The van der Waals surface area contributed by atoms with E-state index in [1.807, 2.05) is 6.07 Å². The highest BCUT2D eigenvalue weighted by Crippen LogP contribution is 2.19. The summed E-state index contributed by atoms with van der Waals surface area (Å²) in [6.45, 7) is 3.39. The van der Waals surface area contributed by atoms with E-state index in [-0.39, 0.29) is 12.4 Å². The minimum absolute atomic E-state index is 0.0793. The van der Waals surface area contributed by atoms with Gasteiger partial charge in [-0.25, -0.2) is 4.39 Å². The number of halogens is 1. The second kappa shape index (κ2) is 4.28. The molecule has 0 radical (unpaired) electrons. The van der Waals surface area contributed by atoms with E-state index in [9.17, 15) is 4.39 Å². The number of nitrogens with zero attached hydrogens (tertiary/aromatic N) is 1. The molecular weight excluding hydrogens is 195 g/mol. The van der Waals surface area contributed by atoms with Crippen molar-refractivity contribution in [1.29, 1.82) is 5.26 Å². The average molecular weight is 208 g/mol. The largest absolute Gasteiger partial charge is 0.490 e. The summed E-state index contributed by atoms with van der Waals surface area (Å²) in [6.07, 6.45) is 0. The molecule has 0 aliphatic carbocycles. The second-order valence-corrected chi connectivity index (χ2v) is 3.73. The Balaban J connectivity index is 2.71. The number of nitriles is 1. The predicted molar refractivity (Wildman–Crippen MR) is 54.8 cm³/mol. The molecule has 1 aromatic carbocycles. The molecule has 80 valence electrons. The van der Waals surface area contributed by atoms with Crippen molar-refractivity contribution >= 4 is 0 Å². The van der Waals surface area contributed by atoms with Crippen LogP contribution in [0.25, 0.3) is 0 Å². The number of benzene rings is 1. The molecule has 0 aromatic heterocycles. The average Bonchev–Trinajstić information content (AvgIpc) is 2.16. The summed E-state index contributed by atoms with van der Waals surface area (Å²) in [5.74, 6) is 0.235. The van der Waals surface area contributed by atoms with Crippen molar-refractivity contribution < 1.29 is 9.13 Å². The molecule has 0 heterocycles. The molecule has 1 aromatic rings. The Morgan fingerprint density at radius 2 is 2.27 bits per heavy atom. The standard InChI is InChI=1S/C11H13FN2O/c1-8-5-9(12)3-4-10(8)15-7-11(2,14)6-13/h3-5H,7,14H2,1-2H3. The van der Waals surface area contributed by atoms with Crippen molar-refractivity contribution in [3.8, 4) is 11.8 Å². The summed E-state index contributed by atoms with van der Waals surface area (Å²) >= 11 is 0. The third kappa shape index (κ3) is 3.22. The quantitative estimate of drug-likeness (QED) is 0.823. The number of ether oxygens (including phenoxy) is 1. The van der Waals surface area contributed by atoms with Crippen LogP contribution in [-0.2, 0) is 0 Å². The van der Waals surface area contributed by atoms with Crippen molar-refractivity contribution in [2.24, 2.45) is 5.73 Å². The summed E-state index contributed by atoms with van der Waals surface area (Å²) in [6, 6.07) is 6.13. The highest BCUT2D eigenvalue weighted by atomic mass is 19.1. The normalized spacial score (nSPS) is 14.1. The zero-order valence-corrected chi connectivity index (χ0v) is 8.75. The smallest absolute Gasteiger partial charge is 0.135 e. The number of nitrogens with two attached hydrogens (primary N) is 1. The van der Waals surface area contributed by atoms with E-state index in [1.54, 1.807) is 13.8 Å². The lowest BCUT2D eigenvalue weighted by molar-refractivity contribution is 0.263. The number of aryl methyl sites for hydroxylation is 1. The molecule has 0 saturated carbocycles. The van der Waals surface area contributed by atoms with Gasteiger partial charge in [0.05, 0.1) is 6.07 Å². The first-order valence-corrected chi connectivity index (χ1v) is 4.54. The van der Waals surface area contributed by atoms with Gasteiger partial charge >= 0.3 is 0 Å². The molecule has 0 bridgehead atoms. The Bertz CT molecular complexity index is 396. The Morgan fingerprint density at radius 3 is 2.80 bits per heavy atom. The van der Waals surface area contributed by atoms with Crippen molar-refractivity contribution in [3.05, 3.63) is 29.6 Å². The maximum absolute atomic E-state index is 12.8. The Kier molecular flexibility index (Phi) is 3.28. The molecule has 0 aliphatic heterocycles. The van der Waals surface area contributed by atoms with Crippen molar-refractivity contribution in [3.63, 3.8) is 0 Å².